The first-order valence-electron chi connectivity index (χ1n) is 8.08. The van der Waals surface area contributed by atoms with Crippen molar-refractivity contribution in [3.8, 4) is 5.75 Å². The maximum absolute atomic E-state index is 6.01. The fraction of sp³-hybridized carbons (Fsp3) is 0.647. The normalized spacial score (nSPS) is 23.2. The molecule has 2 fully saturated rings. The molecule has 1 atom stereocenters. The molecule has 5 heteroatoms. The number of nitrogens with one attached hydrogen (secondary N) is 1. The molecule has 5 nitrogen and oxygen atoms in total. The van der Waals surface area contributed by atoms with Crippen LogP contribution in [0.4, 0.5) is 5.69 Å². The van der Waals surface area contributed by atoms with Gasteiger partial charge in [-0.15, -0.1) is 0 Å². The van der Waals surface area contributed by atoms with Crippen LogP contribution in [0.5, 0.6) is 5.75 Å². The topological polar surface area (TPSA) is 49.0 Å². The highest BCUT2D eigenvalue weighted by atomic mass is 16.5. The van der Waals surface area contributed by atoms with Crippen LogP contribution in [0.1, 0.15) is 18.4 Å². The molecule has 0 aliphatic carbocycles. The summed E-state index contributed by atoms with van der Waals surface area (Å²) in [5.41, 5.74) is 2.17. The van der Waals surface area contributed by atoms with E-state index in [0.717, 1.165) is 30.9 Å². The first-order valence-corrected chi connectivity index (χ1v) is 8.08. The standard InChI is InChI=1S/C17H25NO4/c1-13-4-5-16(18-14-10-19-7-8-20-11-14)17(9-13)22-12-15-3-2-6-21-15/h4-5,9,14-15,18H,2-3,6-8,10-12H2,1H3. The van der Waals surface area contributed by atoms with Crippen LogP contribution in [0, 0.1) is 6.92 Å². The molecule has 0 saturated carbocycles. The van der Waals surface area contributed by atoms with E-state index in [9.17, 15) is 0 Å². The Labute approximate surface area is 131 Å². The molecular weight excluding hydrogens is 282 g/mol. The SMILES string of the molecule is Cc1ccc(NC2COCCOC2)c(OCC2CCCO2)c1. The summed E-state index contributed by atoms with van der Waals surface area (Å²) in [6, 6.07) is 6.36. The molecule has 2 aliphatic rings. The van der Waals surface area contributed by atoms with E-state index in [2.05, 4.69) is 30.4 Å². The summed E-state index contributed by atoms with van der Waals surface area (Å²) in [7, 11) is 0. The Hall–Kier alpha value is -1.30. The third kappa shape index (κ3) is 4.35. The predicted octanol–water partition coefficient (Wildman–Crippen LogP) is 2.38. The molecule has 122 valence electrons. The van der Waals surface area contributed by atoms with Crippen molar-refractivity contribution < 1.29 is 18.9 Å². The van der Waals surface area contributed by atoms with E-state index in [0.29, 0.717) is 33.0 Å². The van der Waals surface area contributed by atoms with Crippen molar-refractivity contribution in [2.24, 2.45) is 0 Å². The van der Waals surface area contributed by atoms with Gasteiger partial charge in [-0.2, -0.15) is 0 Å². The molecular formula is C17H25NO4. The van der Waals surface area contributed by atoms with Gasteiger partial charge in [0.15, 0.2) is 0 Å². The lowest BCUT2D eigenvalue weighted by Gasteiger charge is -2.20. The van der Waals surface area contributed by atoms with Crippen molar-refractivity contribution in [3.63, 3.8) is 0 Å². The van der Waals surface area contributed by atoms with E-state index >= 15 is 0 Å². The fourth-order valence-electron chi connectivity index (χ4n) is 2.75. The quantitative estimate of drug-likeness (QED) is 0.905. The van der Waals surface area contributed by atoms with E-state index in [4.69, 9.17) is 18.9 Å². The van der Waals surface area contributed by atoms with Crippen molar-refractivity contribution in [1.82, 2.24) is 0 Å². The molecule has 0 amide bonds. The number of benzene rings is 1. The molecule has 2 aliphatic heterocycles. The van der Waals surface area contributed by atoms with Gasteiger partial charge in [0.2, 0.25) is 0 Å². The highest BCUT2D eigenvalue weighted by molar-refractivity contribution is 5.58. The molecule has 0 radical (unpaired) electrons. The molecule has 1 unspecified atom stereocenters. The lowest BCUT2D eigenvalue weighted by Crippen LogP contribution is -2.28. The minimum atomic E-state index is 0.148. The van der Waals surface area contributed by atoms with Crippen molar-refractivity contribution in [2.45, 2.75) is 31.9 Å². The summed E-state index contributed by atoms with van der Waals surface area (Å²) in [6.07, 6.45) is 2.43. The van der Waals surface area contributed by atoms with Gasteiger partial charge in [0.1, 0.15) is 12.4 Å². The van der Waals surface area contributed by atoms with E-state index in [-0.39, 0.29) is 12.1 Å². The van der Waals surface area contributed by atoms with Gasteiger partial charge in [-0.1, -0.05) is 6.07 Å². The minimum Gasteiger partial charge on any atom is -0.489 e. The van der Waals surface area contributed by atoms with Crippen LogP contribution >= 0.6 is 0 Å². The zero-order valence-corrected chi connectivity index (χ0v) is 13.2. The van der Waals surface area contributed by atoms with E-state index in [1.807, 2.05) is 0 Å². The van der Waals surface area contributed by atoms with Gasteiger partial charge < -0.3 is 24.3 Å². The molecule has 3 rings (SSSR count). The fourth-order valence-corrected chi connectivity index (χ4v) is 2.75. The van der Waals surface area contributed by atoms with Crippen LogP contribution < -0.4 is 10.1 Å². The summed E-state index contributed by atoms with van der Waals surface area (Å²) >= 11 is 0. The predicted molar refractivity (Wildman–Crippen MR) is 84.7 cm³/mol. The second kappa shape index (κ2) is 7.81. The molecule has 0 bridgehead atoms. The molecule has 0 aromatic heterocycles. The second-order valence-electron chi connectivity index (χ2n) is 5.94. The number of hydrogen-bond acceptors (Lipinski definition) is 5. The third-order valence-electron chi connectivity index (χ3n) is 3.96. The van der Waals surface area contributed by atoms with Gasteiger partial charge in [-0.05, 0) is 37.5 Å². The average molecular weight is 307 g/mol. The van der Waals surface area contributed by atoms with Gasteiger partial charge in [0.05, 0.1) is 44.3 Å². The Morgan fingerprint density at radius 1 is 1.18 bits per heavy atom. The van der Waals surface area contributed by atoms with Crippen LogP contribution in [0.15, 0.2) is 18.2 Å². The first-order chi connectivity index (χ1) is 10.8. The van der Waals surface area contributed by atoms with Crippen molar-refractivity contribution in [3.05, 3.63) is 23.8 Å². The van der Waals surface area contributed by atoms with Crippen LogP contribution in [0.3, 0.4) is 0 Å². The Bertz CT molecular complexity index is 466. The van der Waals surface area contributed by atoms with E-state index in [1.165, 1.54) is 5.56 Å². The Morgan fingerprint density at radius 3 is 2.73 bits per heavy atom. The number of rotatable bonds is 5. The number of hydrogen-bond donors (Lipinski definition) is 1. The molecule has 2 saturated heterocycles. The lowest BCUT2D eigenvalue weighted by molar-refractivity contribution is 0.0681. The highest BCUT2D eigenvalue weighted by Gasteiger charge is 2.18. The largest absolute Gasteiger partial charge is 0.489 e. The Kier molecular flexibility index (Phi) is 5.53. The average Bonchev–Trinajstić information content (AvgIpc) is 2.91. The summed E-state index contributed by atoms with van der Waals surface area (Å²) in [5.74, 6) is 0.875. The molecule has 1 aromatic rings. The first kappa shape index (κ1) is 15.6. The van der Waals surface area contributed by atoms with Crippen molar-refractivity contribution >= 4 is 5.69 Å². The number of aryl methyl sites for hydroxylation is 1. The van der Waals surface area contributed by atoms with Gasteiger partial charge in [-0.3, -0.25) is 0 Å². The Morgan fingerprint density at radius 2 is 2.00 bits per heavy atom. The minimum absolute atomic E-state index is 0.148. The molecule has 22 heavy (non-hydrogen) atoms. The third-order valence-corrected chi connectivity index (χ3v) is 3.96. The van der Waals surface area contributed by atoms with Crippen molar-refractivity contribution in [1.29, 1.82) is 0 Å². The van der Waals surface area contributed by atoms with Crippen LogP contribution in [0.25, 0.3) is 0 Å². The summed E-state index contributed by atoms with van der Waals surface area (Å²) in [6.45, 7) is 6.15. The van der Waals surface area contributed by atoms with Crippen molar-refractivity contribution in [2.75, 3.05) is 45.0 Å². The van der Waals surface area contributed by atoms with Gasteiger partial charge in [0.25, 0.3) is 0 Å². The van der Waals surface area contributed by atoms with Crippen LogP contribution in [-0.4, -0.2) is 51.8 Å². The second-order valence-corrected chi connectivity index (χ2v) is 5.94. The van der Waals surface area contributed by atoms with Crippen LogP contribution in [0.2, 0.25) is 0 Å². The Balaban J connectivity index is 1.63. The van der Waals surface area contributed by atoms with E-state index < -0.39 is 0 Å². The number of anilines is 1. The maximum Gasteiger partial charge on any atom is 0.142 e. The van der Waals surface area contributed by atoms with Gasteiger partial charge in [-0.25, -0.2) is 0 Å². The zero-order valence-electron chi connectivity index (χ0n) is 13.2. The van der Waals surface area contributed by atoms with Gasteiger partial charge >= 0.3 is 0 Å². The van der Waals surface area contributed by atoms with Crippen LogP contribution in [-0.2, 0) is 14.2 Å². The molecule has 1 N–H and O–H groups in total. The molecule has 0 spiro atoms. The zero-order chi connectivity index (χ0) is 15.2. The smallest absolute Gasteiger partial charge is 0.142 e. The monoisotopic (exact) mass is 307 g/mol. The lowest BCUT2D eigenvalue weighted by atomic mass is 10.2. The summed E-state index contributed by atoms with van der Waals surface area (Å²) < 4.78 is 22.7. The molecule has 1 aromatic carbocycles. The maximum atomic E-state index is 6.01. The molecule has 2 heterocycles. The number of ether oxygens (including phenoxy) is 4. The summed E-state index contributed by atoms with van der Waals surface area (Å²) in [4.78, 5) is 0. The van der Waals surface area contributed by atoms with E-state index in [1.54, 1.807) is 0 Å². The van der Waals surface area contributed by atoms with Gasteiger partial charge in [0, 0.05) is 6.61 Å². The summed E-state index contributed by atoms with van der Waals surface area (Å²) in [5, 5.41) is 3.48. The highest BCUT2D eigenvalue weighted by Crippen LogP contribution is 2.27.